The first-order chi connectivity index (χ1) is 10.1. The molecule has 1 aromatic heterocycles. The SMILES string of the molecule is CCNc1ncccc1C(=O)Nc1ccc(N(C)C)cc1. The number of aromatic nitrogens is 1. The van der Waals surface area contributed by atoms with Crippen LogP contribution in [0.25, 0.3) is 0 Å². The number of rotatable bonds is 5. The Kier molecular flexibility index (Phi) is 4.77. The largest absolute Gasteiger partial charge is 0.378 e. The van der Waals surface area contributed by atoms with Gasteiger partial charge in [0.2, 0.25) is 0 Å². The second-order valence-electron chi connectivity index (χ2n) is 4.83. The van der Waals surface area contributed by atoms with Gasteiger partial charge in [0.25, 0.3) is 5.91 Å². The molecule has 2 aromatic rings. The number of benzene rings is 1. The van der Waals surface area contributed by atoms with Gasteiger partial charge in [0.05, 0.1) is 5.56 Å². The number of hydrogen-bond acceptors (Lipinski definition) is 4. The Bertz CT molecular complexity index is 608. The molecule has 2 rings (SSSR count). The predicted molar refractivity (Wildman–Crippen MR) is 87.1 cm³/mol. The summed E-state index contributed by atoms with van der Waals surface area (Å²) in [5.74, 6) is 0.430. The number of nitrogens with one attached hydrogen (secondary N) is 2. The van der Waals surface area contributed by atoms with Crippen LogP contribution in [0.15, 0.2) is 42.6 Å². The maximum Gasteiger partial charge on any atom is 0.259 e. The number of carbonyl (C=O) groups excluding carboxylic acids is 1. The normalized spacial score (nSPS) is 10.0. The minimum absolute atomic E-state index is 0.170. The third-order valence-corrected chi connectivity index (χ3v) is 3.04. The highest BCUT2D eigenvalue weighted by molar-refractivity contribution is 6.07. The van der Waals surface area contributed by atoms with Crippen LogP contribution in [0.3, 0.4) is 0 Å². The summed E-state index contributed by atoms with van der Waals surface area (Å²) < 4.78 is 0. The van der Waals surface area contributed by atoms with Crippen LogP contribution in [0.4, 0.5) is 17.2 Å². The van der Waals surface area contributed by atoms with Crippen LogP contribution in [0.1, 0.15) is 17.3 Å². The van der Waals surface area contributed by atoms with E-state index in [-0.39, 0.29) is 5.91 Å². The lowest BCUT2D eigenvalue weighted by Gasteiger charge is -2.13. The standard InChI is InChI=1S/C16H20N4O/c1-4-17-15-14(6-5-11-18-15)16(21)19-12-7-9-13(10-8-12)20(2)3/h5-11H,4H2,1-3H3,(H,17,18)(H,19,21). The fourth-order valence-corrected chi connectivity index (χ4v) is 1.94. The number of amides is 1. The molecular weight excluding hydrogens is 264 g/mol. The molecule has 0 aliphatic heterocycles. The third-order valence-electron chi connectivity index (χ3n) is 3.04. The molecule has 0 atom stereocenters. The van der Waals surface area contributed by atoms with Crippen molar-refractivity contribution >= 4 is 23.1 Å². The van der Waals surface area contributed by atoms with Gasteiger partial charge in [-0.05, 0) is 43.3 Å². The molecule has 1 aromatic carbocycles. The lowest BCUT2D eigenvalue weighted by molar-refractivity contribution is 0.102. The zero-order valence-electron chi connectivity index (χ0n) is 12.6. The quantitative estimate of drug-likeness (QED) is 0.886. The zero-order chi connectivity index (χ0) is 15.2. The van der Waals surface area contributed by atoms with Gasteiger partial charge in [-0.15, -0.1) is 0 Å². The molecule has 1 heterocycles. The minimum atomic E-state index is -0.170. The smallest absolute Gasteiger partial charge is 0.259 e. The van der Waals surface area contributed by atoms with E-state index in [9.17, 15) is 4.79 Å². The van der Waals surface area contributed by atoms with E-state index in [1.165, 1.54) is 0 Å². The summed E-state index contributed by atoms with van der Waals surface area (Å²) >= 11 is 0. The summed E-state index contributed by atoms with van der Waals surface area (Å²) in [6.07, 6.45) is 1.67. The molecule has 0 fully saturated rings. The first-order valence-corrected chi connectivity index (χ1v) is 6.89. The summed E-state index contributed by atoms with van der Waals surface area (Å²) in [5.41, 5.74) is 2.38. The van der Waals surface area contributed by atoms with E-state index in [0.29, 0.717) is 11.4 Å². The molecule has 5 nitrogen and oxygen atoms in total. The average molecular weight is 284 g/mol. The Morgan fingerprint density at radius 2 is 1.90 bits per heavy atom. The van der Waals surface area contributed by atoms with Gasteiger partial charge in [-0.1, -0.05) is 0 Å². The van der Waals surface area contributed by atoms with Gasteiger partial charge >= 0.3 is 0 Å². The van der Waals surface area contributed by atoms with Crippen LogP contribution < -0.4 is 15.5 Å². The number of pyridine rings is 1. The second-order valence-corrected chi connectivity index (χ2v) is 4.83. The Hall–Kier alpha value is -2.56. The van der Waals surface area contributed by atoms with E-state index >= 15 is 0 Å². The van der Waals surface area contributed by atoms with Crippen LogP contribution in [0, 0.1) is 0 Å². The van der Waals surface area contributed by atoms with E-state index in [0.717, 1.165) is 17.9 Å². The molecule has 1 amide bonds. The maximum atomic E-state index is 12.3. The van der Waals surface area contributed by atoms with Crippen LogP contribution in [0.2, 0.25) is 0 Å². The molecule has 0 aliphatic rings. The maximum absolute atomic E-state index is 12.3. The number of nitrogens with zero attached hydrogens (tertiary/aromatic N) is 2. The van der Waals surface area contributed by atoms with E-state index in [2.05, 4.69) is 15.6 Å². The van der Waals surface area contributed by atoms with Gasteiger partial charge < -0.3 is 15.5 Å². The van der Waals surface area contributed by atoms with E-state index < -0.39 is 0 Å². The molecule has 0 aliphatic carbocycles. The average Bonchev–Trinajstić information content (AvgIpc) is 2.48. The summed E-state index contributed by atoms with van der Waals surface area (Å²) in [5, 5.41) is 5.97. The van der Waals surface area contributed by atoms with Crippen molar-refractivity contribution in [1.82, 2.24) is 4.98 Å². The summed E-state index contributed by atoms with van der Waals surface area (Å²) in [6.45, 7) is 2.69. The monoisotopic (exact) mass is 284 g/mol. The lowest BCUT2D eigenvalue weighted by atomic mass is 10.2. The van der Waals surface area contributed by atoms with E-state index in [1.807, 2.05) is 50.2 Å². The van der Waals surface area contributed by atoms with Gasteiger partial charge in [0.15, 0.2) is 0 Å². The van der Waals surface area contributed by atoms with Crippen molar-refractivity contribution in [3.05, 3.63) is 48.2 Å². The van der Waals surface area contributed by atoms with Crippen LogP contribution in [0.5, 0.6) is 0 Å². The molecule has 0 bridgehead atoms. The van der Waals surface area contributed by atoms with Gasteiger partial charge in [-0.2, -0.15) is 0 Å². The molecule has 110 valence electrons. The molecule has 0 saturated heterocycles. The molecule has 0 spiro atoms. The molecular formula is C16H20N4O. The highest BCUT2D eigenvalue weighted by Gasteiger charge is 2.11. The number of anilines is 3. The second kappa shape index (κ2) is 6.74. The highest BCUT2D eigenvalue weighted by atomic mass is 16.1. The molecule has 21 heavy (non-hydrogen) atoms. The lowest BCUT2D eigenvalue weighted by Crippen LogP contribution is -2.16. The summed E-state index contributed by atoms with van der Waals surface area (Å²) in [6, 6.07) is 11.2. The Balaban J connectivity index is 2.14. The number of hydrogen-bond donors (Lipinski definition) is 2. The molecule has 0 saturated carbocycles. The first-order valence-electron chi connectivity index (χ1n) is 6.89. The van der Waals surface area contributed by atoms with Gasteiger partial charge in [0.1, 0.15) is 5.82 Å². The van der Waals surface area contributed by atoms with Crippen molar-refractivity contribution in [3.8, 4) is 0 Å². The summed E-state index contributed by atoms with van der Waals surface area (Å²) in [4.78, 5) is 18.5. The van der Waals surface area contributed by atoms with Gasteiger partial charge in [-0.3, -0.25) is 4.79 Å². The van der Waals surface area contributed by atoms with Crippen LogP contribution in [-0.2, 0) is 0 Å². The van der Waals surface area contributed by atoms with Crippen molar-refractivity contribution in [2.24, 2.45) is 0 Å². The van der Waals surface area contributed by atoms with E-state index in [1.54, 1.807) is 18.3 Å². The Morgan fingerprint density at radius 3 is 2.52 bits per heavy atom. The fraction of sp³-hybridized carbons (Fsp3) is 0.250. The van der Waals surface area contributed by atoms with Gasteiger partial charge in [0, 0.05) is 38.2 Å². The first kappa shape index (κ1) is 14.8. The third kappa shape index (κ3) is 3.72. The van der Waals surface area contributed by atoms with Gasteiger partial charge in [-0.25, -0.2) is 4.98 Å². The van der Waals surface area contributed by atoms with Crippen molar-refractivity contribution in [2.75, 3.05) is 36.2 Å². The minimum Gasteiger partial charge on any atom is -0.378 e. The molecule has 0 radical (unpaired) electrons. The number of carbonyl (C=O) groups is 1. The molecule has 0 unspecified atom stereocenters. The zero-order valence-corrected chi connectivity index (χ0v) is 12.6. The van der Waals surface area contributed by atoms with E-state index in [4.69, 9.17) is 0 Å². The Labute approximate surface area is 125 Å². The predicted octanol–water partition coefficient (Wildman–Crippen LogP) is 2.83. The summed E-state index contributed by atoms with van der Waals surface area (Å²) in [7, 11) is 3.96. The van der Waals surface area contributed by atoms with Crippen molar-refractivity contribution < 1.29 is 4.79 Å². The Morgan fingerprint density at radius 1 is 1.19 bits per heavy atom. The molecule has 5 heteroatoms. The van der Waals surface area contributed by atoms with Crippen molar-refractivity contribution in [1.29, 1.82) is 0 Å². The fourth-order valence-electron chi connectivity index (χ4n) is 1.94. The van der Waals surface area contributed by atoms with Crippen LogP contribution >= 0.6 is 0 Å². The highest BCUT2D eigenvalue weighted by Crippen LogP contribution is 2.18. The topological polar surface area (TPSA) is 57.3 Å². The van der Waals surface area contributed by atoms with Crippen molar-refractivity contribution in [3.63, 3.8) is 0 Å². The van der Waals surface area contributed by atoms with Crippen LogP contribution in [-0.4, -0.2) is 31.5 Å². The molecule has 2 N–H and O–H groups in total. The van der Waals surface area contributed by atoms with Crippen molar-refractivity contribution in [2.45, 2.75) is 6.92 Å².